The van der Waals surface area contributed by atoms with Crippen LogP contribution >= 0.6 is 0 Å². The van der Waals surface area contributed by atoms with Gasteiger partial charge < -0.3 is 4.58 Å². The van der Waals surface area contributed by atoms with Gasteiger partial charge in [0.25, 0.3) is 0 Å². The van der Waals surface area contributed by atoms with E-state index in [1.165, 1.54) is 22.4 Å². The molecule has 0 spiro atoms. The van der Waals surface area contributed by atoms with E-state index in [-0.39, 0.29) is 11.0 Å². The van der Waals surface area contributed by atoms with E-state index in [4.69, 9.17) is 0 Å². The lowest BCUT2D eigenvalue weighted by molar-refractivity contribution is -0.512. The average Bonchev–Trinajstić information content (AvgIpc) is 2.84. The van der Waals surface area contributed by atoms with Crippen LogP contribution in [0.25, 0.3) is 0 Å². The number of nitrogens with zero attached hydrogens (tertiary/aromatic N) is 1. The quantitative estimate of drug-likeness (QED) is 0.514. The number of rotatable bonds is 4. The van der Waals surface area contributed by atoms with Gasteiger partial charge in [0.05, 0.1) is 5.69 Å². The van der Waals surface area contributed by atoms with Crippen LogP contribution in [0.1, 0.15) is 57.7 Å². The Bertz CT molecular complexity index is 733. The molecule has 0 bridgehead atoms. The summed E-state index contributed by atoms with van der Waals surface area (Å²) in [6, 6.07) is 17.6. The lowest BCUT2D eigenvalue weighted by atomic mass is 9.77. The summed E-state index contributed by atoms with van der Waals surface area (Å²) >= 11 is 0. The van der Waals surface area contributed by atoms with E-state index in [1.807, 2.05) is 0 Å². The third kappa shape index (κ3) is 2.81. The van der Waals surface area contributed by atoms with Crippen molar-refractivity contribution in [3.8, 4) is 0 Å². The molecule has 0 fully saturated rings. The normalized spacial score (nSPS) is 22.5. The molecule has 1 heterocycles. The third-order valence-corrected chi connectivity index (χ3v) is 5.35. The number of benzene rings is 2. The van der Waals surface area contributed by atoms with Crippen LogP contribution in [-0.4, -0.2) is 16.3 Å². The summed E-state index contributed by atoms with van der Waals surface area (Å²) in [4.78, 5) is 0. The van der Waals surface area contributed by atoms with Gasteiger partial charge in [0.2, 0.25) is 0 Å². The molecule has 3 rings (SSSR count). The van der Waals surface area contributed by atoms with Crippen LogP contribution in [0.3, 0.4) is 0 Å². The van der Waals surface area contributed by atoms with Gasteiger partial charge in [0.1, 0.15) is 5.54 Å². The first-order valence-corrected chi connectivity index (χ1v) is 9.15. The zero-order valence-electron chi connectivity index (χ0n) is 15.7. The highest BCUT2D eigenvalue weighted by Gasteiger charge is 2.43. The van der Waals surface area contributed by atoms with Crippen LogP contribution in [0.5, 0.6) is 0 Å². The minimum atomic E-state index is -0.0450. The maximum Gasteiger partial charge on any atom is 0.130 e. The smallest absolute Gasteiger partial charge is 0.130 e. The summed E-state index contributed by atoms with van der Waals surface area (Å²) < 4.78 is 2.44. The molecular weight excluding hydrogens is 290 g/mol. The molecule has 1 atom stereocenters. The monoisotopic (exact) mass is 319 g/mol. The van der Waals surface area contributed by atoms with Crippen LogP contribution in [0.4, 0.5) is 5.69 Å². The Hall–Kier alpha value is -1.89. The number of para-hydroxylation sites is 1. The first-order valence-electron chi connectivity index (χ1n) is 9.15. The minimum Gasteiger partial charge on any atom is -0.358 e. The largest absolute Gasteiger partial charge is 0.358 e. The van der Waals surface area contributed by atoms with Crippen molar-refractivity contribution in [2.45, 2.75) is 64.8 Å². The maximum atomic E-state index is 3.87. The molecule has 0 radical (unpaired) electrons. The Morgan fingerprint density at radius 2 is 1.46 bits per heavy atom. The van der Waals surface area contributed by atoms with E-state index in [9.17, 15) is 0 Å². The third-order valence-electron chi connectivity index (χ3n) is 5.35. The van der Waals surface area contributed by atoms with Gasteiger partial charge >= 0.3 is 0 Å². The molecule has 1 nitrogen and oxygen atoms in total. The van der Waals surface area contributed by atoms with E-state index in [0.29, 0.717) is 0 Å². The van der Waals surface area contributed by atoms with Gasteiger partial charge in [0, 0.05) is 18.1 Å². The highest BCUT2D eigenvalue weighted by Crippen LogP contribution is 2.43. The Balaban J connectivity index is 2.19. The Kier molecular flexibility index (Phi) is 4.38. The molecule has 1 heteroatoms. The molecule has 1 aliphatic heterocycles. The lowest BCUT2D eigenvalue weighted by Gasteiger charge is -2.29. The van der Waals surface area contributed by atoms with Crippen molar-refractivity contribution in [1.29, 1.82) is 0 Å². The van der Waals surface area contributed by atoms with E-state index < -0.39 is 0 Å². The van der Waals surface area contributed by atoms with Crippen molar-refractivity contribution in [2.24, 2.45) is 0 Å². The van der Waals surface area contributed by atoms with Crippen LogP contribution < -0.4 is 0 Å². The van der Waals surface area contributed by atoms with Crippen LogP contribution in [0.2, 0.25) is 0 Å². The fourth-order valence-electron chi connectivity index (χ4n) is 4.22. The molecular formula is C23H29N. The topological polar surface area (TPSA) is 3.01 Å². The fourth-order valence-corrected chi connectivity index (χ4v) is 4.22. The molecule has 0 aliphatic carbocycles. The molecule has 126 valence electrons. The Labute approximate surface area is 147 Å². The van der Waals surface area contributed by atoms with Crippen molar-refractivity contribution in [1.82, 2.24) is 0 Å². The van der Waals surface area contributed by atoms with Crippen molar-refractivity contribution >= 4 is 11.9 Å². The van der Waals surface area contributed by atoms with Gasteiger partial charge in [0.15, 0.2) is 0 Å². The summed E-state index contributed by atoms with van der Waals surface area (Å²) in [5.74, 6) is 0. The number of hydrogen-bond donors (Lipinski definition) is 0. The molecule has 0 aromatic heterocycles. The standard InChI is InChI=1S/C23H29N/c1-6-18-12-11-13-19(7-2)21(18)24-17-23(5,16-22(24,3)4)20-14-9-8-10-15-20/h8-15H,6-7,16H2,1-5H3. The SMILES string of the molecule is CCc1cccc(CC)c1[N+]1=[C-]C(C)(c2ccccc2)CC1(C)C. The zero-order valence-corrected chi connectivity index (χ0v) is 15.7. The average molecular weight is 319 g/mol. The van der Waals surface area contributed by atoms with Gasteiger partial charge in [-0.25, -0.2) is 0 Å². The Morgan fingerprint density at radius 1 is 0.875 bits per heavy atom. The molecule has 0 N–H and O–H groups in total. The summed E-state index contributed by atoms with van der Waals surface area (Å²) in [7, 11) is 0. The summed E-state index contributed by atoms with van der Waals surface area (Å²) in [6.45, 7) is 11.5. The molecule has 0 amide bonds. The maximum absolute atomic E-state index is 3.87. The summed E-state index contributed by atoms with van der Waals surface area (Å²) in [5, 5.41) is 0. The van der Waals surface area contributed by atoms with Crippen LogP contribution in [-0.2, 0) is 18.3 Å². The van der Waals surface area contributed by atoms with E-state index >= 15 is 0 Å². The molecule has 1 unspecified atom stereocenters. The van der Waals surface area contributed by atoms with Crippen molar-refractivity contribution in [3.63, 3.8) is 0 Å². The van der Waals surface area contributed by atoms with Crippen molar-refractivity contribution in [3.05, 3.63) is 65.2 Å². The minimum absolute atomic E-state index is 0.0450. The van der Waals surface area contributed by atoms with Crippen molar-refractivity contribution < 1.29 is 4.58 Å². The van der Waals surface area contributed by atoms with Crippen molar-refractivity contribution in [2.75, 3.05) is 0 Å². The molecule has 1 aliphatic rings. The number of aryl methyl sites for hydroxylation is 2. The molecule has 0 saturated carbocycles. The van der Waals surface area contributed by atoms with E-state index in [0.717, 1.165) is 19.3 Å². The van der Waals surface area contributed by atoms with E-state index in [2.05, 4.69) is 93.9 Å². The second kappa shape index (κ2) is 6.20. The number of hydrogen-bond acceptors (Lipinski definition) is 0. The molecule has 2 aromatic rings. The Morgan fingerprint density at radius 3 is 2.00 bits per heavy atom. The molecule has 24 heavy (non-hydrogen) atoms. The predicted octanol–water partition coefficient (Wildman–Crippen LogP) is 5.54. The highest BCUT2D eigenvalue weighted by atomic mass is 15.1. The summed E-state index contributed by atoms with van der Waals surface area (Å²) in [6.07, 6.45) is 7.06. The van der Waals surface area contributed by atoms with Gasteiger partial charge in [-0.3, -0.25) is 0 Å². The molecule has 2 aromatic carbocycles. The second-order valence-electron chi connectivity index (χ2n) is 7.77. The molecule has 0 saturated heterocycles. The van der Waals surface area contributed by atoms with Crippen LogP contribution in [0, 0.1) is 0 Å². The fraction of sp³-hybridized carbons (Fsp3) is 0.435. The van der Waals surface area contributed by atoms with Gasteiger partial charge in [-0.1, -0.05) is 86.0 Å². The zero-order chi connectivity index (χ0) is 17.4. The van der Waals surface area contributed by atoms with Crippen LogP contribution in [0.15, 0.2) is 48.5 Å². The predicted molar refractivity (Wildman–Crippen MR) is 103 cm³/mol. The highest BCUT2D eigenvalue weighted by molar-refractivity contribution is 5.73. The van der Waals surface area contributed by atoms with Gasteiger partial charge in [-0.05, 0) is 26.7 Å². The van der Waals surface area contributed by atoms with E-state index in [1.54, 1.807) is 0 Å². The first kappa shape index (κ1) is 17.0. The van der Waals surface area contributed by atoms with Gasteiger partial charge in [-0.2, -0.15) is 0 Å². The van der Waals surface area contributed by atoms with Gasteiger partial charge in [-0.15, -0.1) is 0 Å². The second-order valence-corrected chi connectivity index (χ2v) is 7.77. The first-order chi connectivity index (χ1) is 11.4. The lowest BCUT2D eigenvalue weighted by Crippen LogP contribution is -2.31. The summed E-state index contributed by atoms with van der Waals surface area (Å²) in [5.41, 5.74) is 5.59.